The number of ether oxygens (including phenoxy) is 1. The molecule has 3 aromatic rings. The van der Waals surface area contributed by atoms with E-state index in [1.807, 2.05) is 100 Å². The topological polar surface area (TPSA) is 58.6 Å². The lowest BCUT2D eigenvalue weighted by Gasteiger charge is -2.32. The number of amides is 2. The second kappa shape index (κ2) is 13.3. The van der Waals surface area contributed by atoms with E-state index < -0.39 is 6.04 Å². The van der Waals surface area contributed by atoms with Gasteiger partial charge in [0, 0.05) is 23.5 Å². The third kappa shape index (κ3) is 7.95. The number of rotatable bonds is 11. The lowest BCUT2D eigenvalue weighted by atomic mass is 10.0. The van der Waals surface area contributed by atoms with Crippen molar-refractivity contribution in [3.05, 3.63) is 99.5 Å². The predicted molar refractivity (Wildman–Crippen MR) is 148 cm³/mol. The summed E-state index contributed by atoms with van der Waals surface area (Å²) in [6, 6.07) is 22.8. The van der Waals surface area contributed by atoms with E-state index in [9.17, 15) is 9.59 Å². The van der Waals surface area contributed by atoms with E-state index in [2.05, 4.69) is 21.2 Å². The molecule has 0 radical (unpaired) electrons. The van der Waals surface area contributed by atoms with Gasteiger partial charge in [-0.3, -0.25) is 9.59 Å². The first kappa shape index (κ1) is 27.5. The molecule has 5 nitrogen and oxygen atoms in total. The van der Waals surface area contributed by atoms with Crippen LogP contribution < -0.4 is 10.1 Å². The Morgan fingerprint density at radius 1 is 0.972 bits per heavy atom. The molecule has 0 heterocycles. The minimum atomic E-state index is -0.676. The van der Waals surface area contributed by atoms with Crippen molar-refractivity contribution in [1.29, 1.82) is 0 Å². The van der Waals surface area contributed by atoms with Gasteiger partial charge in [-0.2, -0.15) is 0 Å². The molecule has 2 amide bonds. The van der Waals surface area contributed by atoms with Gasteiger partial charge in [0.25, 0.3) is 5.91 Å². The second-order valence-electron chi connectivity index (χ2n) is 9.23. The summed E-state index contributed by atoms with van der Waals surface area (Å²) in [5.41, 5.74) is 4.11. The number of hydrogen-bond acceptors (Lipinski definition) is 3. The first-order valence-electron chi connectivity index (χ1n) is 12.3. The molecule has 36 heavy (non-hydrogen) atoms. The molecule has 0 aliphatic heterocycles. The molecule has 0 aliphatic rings. The zero-order valence-corrected chi connectivity index (χ0v) is 23.0. The number of benzene rings is 3. The summed E-state index contributed by atoms with van der Waals surface area (Å²) in [6.45, 7) is 8.15. The Morgan fingerprint density at radius 2 is 1.67 bits per heavy atom. The van der Waals surface area contributed by atoms with Gasteiger partial charge in [-0.05, 0) is 62.1 Å². The lowest BCUT2D eigenvalue weighted by molar-refractivity contribution is -0.143. The van der Waals surface area contributed by atoms with Crippen LogP contribution in [0, 0.1) is 13.8 Å². The molecule has 0 aliphatic carbocycles. The molecule has 2 atom stereocenters. The molecule has 1 N–H and O–H groups in total. The van der Waals surface area contributed by atoms with Gasteiger partial charge in [-0.15, -0.1) is 0 Å². The molecule has 0 fully saturated rings. The number of hydrogen-bond donors (Lipinski definition) is 1. The zero-order chi connectivity index (χ0) is 26.1. The molecule has 0 unspecified atom stereocenters. The summed E-state index contributed by atoms with van der Waals surface area (Å²) in [7, 11) is 0. The van der Waals surface area contributed by atoms with Gasteiger partial charge in [0.2, 0.25) is 5.91 Å². The number of nitrogens with one attached hydrogen (secondary N) is 1. The molecular formula is C30H35BrN2O3. The molecule has 190 valence electrons. The smallest absolute Gasteiger partial charge is 0.261 e. The van der Waals surface area contributed by atoms with Crippen molar-refractivity contribution < 1.29 is 14.3 Å². The zero-order valence-electron chi connectivity index (χ0n) is 21.5. The van der Waals surface area contributed by atoms with E-state index in [1.54, 1.807) is 4.90 Å². The van der Waals surface area contributed by atoms with Crippen molar-refractivity contribution >= 4 is 27.7 Å². The van der Waals surface area contributed by atoms with Crippen LogP contribution in [0.15, 0.2) is 77.3 Å². The molecule has 0 saturated heterocycles. The van der Waals surface area contributed by atoms with Crippen LogP contribution >= 0.6 is 15.9 Å². The van der Waals surface area contributed by atoms with Crippen LogP contribution in [0.25, 0.3) is 0 Å². The molecule has 0 aromatic heterocycles. The Balaban J connectivity index is 1.90. The van der Waals surface area contributed by atoms with Gasteiger partial charge >= 0.3 is 0 Å². The van der Waals surface area contributed by atoms with Crippen LogP contribution in [-0.4, -0.2) is 35.4 Å². The Hall–Kier alpha value is -3.12. The van der Waals surface area contributed by atoms with E-state index in [1.165, 1.54) is 0 Å². The van der Waals surface area contributed by atoms with E-state index >= 15 is 0 Å². The predicted octanol–water partition coefficient (Wildman–Crippen LogP) is 6.00. The third-order valence-electron chi connectivity index (χ3n) is 6.24. The van der Waals surface area contributed by atoms with E-state index in [0.717, 1.165) is 33.1 Å². The van der Waals surface area contributed by atoms with Crippen LogP contribution in [0.2, 0.25) is 0 Å². The van der Waals surface area contributed by atoms with Crippen molar-refractivity contribution in [1.82, 2.24) is 10.2 Å². The summed E-state index contributed by atoms with van der Waals surface area (Å²) in [5.74, 6) is 0.215. The lowest BCUT2D eigenvalue weighted by Crippen LogP contribution is -2.53. The van der Waals surface area contributed by atoms with Crippen LogP contribution in [0.5, 0.6) is 5.75 Å². The highest BCUT2D eigenvalue weighted by Gasteiger charge is 2.31. The monoisotopic (exact) mass is 550 g/mol. The minimum Gasteiger partial charge on any atom is -0.484 e. The molecule has 6 heteroatoms. The van der Waals surface area contributed by atoms with Crippen LogP contribution in [0.4, 0.5) is 0 Å². The van der Waals surface area contributed by atoms with Crippen molar-refractivity contribution in [3.8, 4) is 5.75 Å². The number of halogens is 1. The maximum Gasteiger partial charge on any atom is 0.261 e. The standard InChI is InChI=1S/C30H35BrN2O3/c1-5-23(4)32-30(35)28(18-24-9-7-6-8-10-24)33(19-25-13-11-21(2)12-14-25)29(34)20-36-26-15-16-27(31)22(3)17-26/h6-17,23,28H,5,18-20H2,1-4H3,(H,32,35)/t23-,28+/m0/s1. The van der Waals surface area contributed by atoms with Crippen LogP contribution in [-0.2, 0) is 22.6 Å². The maximum absolute atomic E-state index is 13.6. The third-order valence-corrected chi connectivity index (χ3v) is 7.13. The van der Waals surface area contributed by atoms with Gasteiger partial charge < -0.3 is 15.0 Å². The first-order chi connectivity index (χ1) is 17.3. The Morgan fingerprint density at radius 3 is 2.31 bits per heavy atom. The molecule has 0 saturated carbocycles. The summed E-state index contributed by atoms with van der Waals surface area (Å²) >= 11 is 3.49. The van der Waals surface area contributed by atoms with E-state index in [0.29, 0.717) is 18.7 Å². The van der Waals surface area contributed by atoms with Crippen LogP contribution in [0.3, 0.4) is 0 Å². The van der Waals surface area contributed by atoms with Gasteiger partial charge in [-0.1, -0.05) is 83.0 Å². The average molecular weight is 552 g/mol. The Kier molecular flexibility index (Phi) is 10.1. The largest absolute Gasteiger partial charge is 0.484 e. The molecule has 0 spiro atoms. The maximum atomic E-state index is 13.6. The number of nitrogens with zero attached hydrogens (tertiary/aromatic N) is 1. The SMILES string of the molecule is CC[C@H](C)NC(=O)[C@@H](Cc1ccccc1)N(Cc1ccc(C)cc1)C(=O)COc1ccc(Br)c(C)c1. The number of carbonyl (C=O) groups excluding carboxylic acids is 2. The fraction of sp³-hybridized carbons (Fsp3) is 0.333. The Bertz CT molecular complexity index is 1150. The number of aryl methyl sites for hydroxylation is 2. The van der Waals surface area contributed by atoms with Gasteiger partial charge in [0.1, 0.15) is 11.8 Å². The summed E-state index contributed by atoms with van der Waals surface area (Å²) < 4.78 is 6.86. The van der Waals surface area contributed by atoms with Crippen LogP contribution in [0.1, 0.15) is 42.5 Å². The fourth-order valence-electron chi connectivity index (χ4n) is 3.82. The molecule has 3 rings (SSSR count). The fourth-order valence-corrected chi connectivity index (χ4v) is 4.07. The van der Waals surface area contributed by atoms with Crippen molar-refractivity contribution in [2.24, 2.45) is 0 Å². The molecule has 3 aromatic carbocycles. The van der Waals surface area contributed by atoms with Crippen molar-refractivity contribution in [3.63, 3.8) is 0 Å². The van der Waals surface area contributed by atoms with Gasteiger partial charge in [-0.25, -0.2) is 0 Å². The summed E-state index contributed by atoms with van der Waals surface area (Å²) in [6.07, 6.45) is 1.22. The summed E-state index contributed by atoms with van der Waals surface area (Å²) in [4.78, 5) is 28.8. The van der Waals surface area contributed by atoms with Gasteiger partial charge in [0.15, 0.2) is 6.61 Å². The quantitative estimate of drug-likeness (QED) is 0.318. The molecule has 0 bridgehead atoms. The van der Waals surface area contributed by atoms with E-state index in [4.69, 9.17) is 4.74 Å². The van der Waals surface area contributed by atoms with E-state index in [-0.39, 0.29) is 24.5 Å². The van der Waals surface area contributed by atoms with Crippen molar-refractivity contribution in [2.45, 2.75) is 59.2 Å². The second-order valence-corrected chi connectivity index (χ2v) is 10.1. The van der Waals surface area contributed by atoms with Gasteiger partial charge in [0.05, 0.1) is 0 Å². The van der Waals surface area contributed by atoms with Crippen molar-refractivity contribution in [2.75, 3.05) is 6.61 Å². The molecular weight excluding hydrogens is 516 g/mol. The number of carbonyl (C=O) groups is 2. The first-order valence-corrected chi connectivity index (χ1v) is 13.1. The Labute approximate surface area is 223 Å². The average Bonchev–Trinajstić information content (AvgIpc) is 2.88. The minimum absolute atomic E-state index is 0.00842. The normalized spacial score (nSPS) is 12.5. The highest BCUT2D eigenvalue weighted by molar-refractivity contribution is 9.10. The highest BCUT2D eigenvalue weighted by atomic mass is 79.9. The highest BCUT2D eigenvalue weighted by Crippen LogP contribution is 2.22. The summed E-state index contributed by atoms with van der Waals surface area (Å²) in [5, 5.41) is 3.09.